The highest BCUT2D eigenvalue weighted by atomic mass is 16.3. The molecule has 0 rings (SSSR count). The van der Waals surface area contributed by atoms with Gasteiger partial charge in [0.15, 0.2) is 0 Å². The number of aldehydes is 1. The molecule has 0 spiro atoms. The first-order valence-electron chi connectivity index (χ1n) is 15.7. The maximum Gasteiger partial charge on any atom is 0.245 e. The van der Waals surface area contributed by atoms with Crippen LogP contribution in [0.2, 0.25) is 0 Å². The Hall–Kier alpha value is -4.20. The number of aliphatic hydroxyl groups is 2. The van der Waals surface area contributed by atoms with Crippen LogP contribution in [0.1, 0.15) is 67.7 Å². The first-order chi connectivity index (χ1) is 22.3. The molecule has 0 aliphatic carbocycles. The number of carbonyl (C=O) groups excluding carboxylic acids is 8. The van der Waals surface area contributed by atoms with E-state index in [-0.39, 0.29) is 13.0 Å². The quantitative estimate of drug-likeness (QED) is 0.0505. The molecule has 0 bridgehead atoms. The van der Waals surface area contributed by atoms with Crippen LogP contribution in [-0.2, 0) is 38.4 Å². The SMILES string of the molecule is CC[C@@H](C=O)NC(=O)[C@H](C)NC(=O)[C@@H](NC(=O)[C@H](C)NC(=O)[C@H](C)NC(=O)[C@@H](NC(=O)[C@H](CCCN)NC(=O)[C@H](C)N)[C@@H](C)O)[C@@H](C)O. The maximum absolute atomic E-state index is 13.0. The van der Waals surface area contributed by atoms with E-state index >= 15 is 0 Å². The van der Waals surface area contributed by atoms with Crippen molar-refractivity contribution in [1.82, 2.24) is 37.2 Å². The number of carbonyl (C=O) groups is 8. The normalized spacial score (nSPS) is 17.2. The molecule has 0 aliphatic heterocycles. The van der Waals surface area contributed by atoms with Gasteiger partial charge in [-0.15, -0.1) is 0 Å². The van der Waals surface area contributed by atoms with Gasteiger partial charge in [0.1, 0.15) is 42.5 Å². The Morgan fingerprint density at radius 3 is 1.38 bits per heavy atom. The molecule has 0 heterocycles. The van der Waals surface area contributed by atoms with E-state index in [0.717, 1.165) is 0 Å². The highest BCUT2D eigenvalue weighted by Crippen LogP contribution is 2.03. The van der Waals surface area contributed by atoms with Crippen LogP contribution in [0.4, 0.5) is 0 Å². The van der Waals surface area contributed by atoms with Gasteiger partial charge >= 0.3 is 0 Å². The van der Waals surface area contributed by atoms with E-state index in [1.165, 1.54) is 41.5 Å². The minimum absolute atomic E-state index is 0.125. The fourth-order valence-corrected chi connectivity index (χ4v) is 3.92. The summed E-state index contributed by atoms with van der Waals surface area (Å²) in [4.78, 5) is 99.6. The Bertz CT molecular complexity index is 1130. The van der Waals surface area contributed by atoms with Gasteiger partial charge in [-0.25, -0.2) is 0 Å². The zero-order valence-corrected chi connectivity index (χ0v) is 28.5. The van der Waals surface area contributed by atoms with Gasteiger partial charge in [0.2, 0.25) is 41.4 Å². The molecule has 0 fully saturated rings. The monoisotopic (exact) mass is 687 g/mol. The van der Waals surface area contributed by atoms with Crippen molar-refractivity contribution < 1.29 is 48.6 Å². The van der Waals surface area contributed by atoms with Crippen molar-refractivity contribution in [3.8, 4) is 0 Å². The molecule has 0 aromatic heterocycles. The summed E-state index contributed by atoms with van der Waals surface area (Å²) >= 11 is 0. The zero-order valence-electron chi connectivity index (χ0n) is 28.5. The zero-order chi connectivity index (χ0) is 37.3. The van der Waals surface area contributed by atoms with Gasteiger partial charge in [0.05, 0.1) is 24.3 Å². The second-order valence-electron chi connectivity index (χ2n) is 11.6. The van der Waals surface area contributed by atoms with Gasteiger partial charge in [-0.05, 0) is 67.3 Å². The van der Waals surface area contributed by atoms with Crippen molar-refractivity contribution in [2.24, 2.45) is 11.5 Å². The molecule has 48 heavy (non-hydrogen) atoms. The van der Waals surface area contributed by atoms with Crippen LogP contribution < -0.4 is 48.7 Å². The van der Waals surface area contributed by atoms with E-state index in [0.29, 0.717) is 19.1 Å². The summed E-state index contributed by atoms with van der Waals surface area (Å²) in [6, 6.07) is -9.54. The number of hydrogen-bond acceptors (Lipinski definition) is 12. The Morgan fingerprint density at radius 2 is 1.00 bits per heavy atom. The van der Waals surface area contributed by atoms with Gasteiger partial charge in [-0.3, -0.25) is 33.6 Å². The van der Waals surface area contributed by atoms with Crippen LogP contribution in [0.15, 0.2) is 0 Å². The van der Waals surface area contributed by atoms with E-state index in [2.05, 4.69) is 37.2 Å². The summed E-state index contributed by atoms with van der Waals surface area (Å²) < 4.78 is 0. The third-order valence-electron chi connectivity index (χ3n) is 7.06. The molecule has 19 heteroatoms. The van der Waals surface area contributed by atoms with E-state index in [1.54, 1.807) is 6.92 Å². The summed E-state index contributed by atoms with van der Waals surface area (Å²) in [7, 11) is 0. The van der Waals surface area contributed by atoms with E-state index in [4.69, 9.17) is 11.5 Å². The van der Waals surface area contributed by atoms with Gasteiger partial charge in [0, 0.05) is 0 Å². The van der Waals surface area contributed by atoms with E-state index in [1.807, 2.05) is 0 Å². The fourth-order valence-electron chi connectivity index (χ4n) is 3.92. The molecule has 0 aromatic rings. The Balaban J connectivity index is 5.37. The van der Waals surface area contributed by atoms with E-state index < -0.39 is 102 Å². The number of amides is 7. The Morgan fingerprint density at radius 1 is 0.604 bits per heavy atom. The van der Waals surface area contributed by atoms with Gasteiger partial charge in [-0.1, -0.05) is 6.92 Å². The molecule has 19 nitrogen and oxygen atoms in total. The number of rotatable bonds is 21. The average molecular weight is 688 g/mol. The molecular weight excluding hydrogens is 634 g/mol. The van der Waals surface area contributed by atoms with Gasteiger partial charge < -0.3 is 63.7 Å². The lowest BCUT2D eigenvalue weighted by atomic mass is 10.1. The minimum atomic E-state index is -1.54. The molecule has 13 N–H and O–H groups in total. The molecule has 0 unspecified atom stereocenters. The molecule has 10 atom stereocenters. The van der Waals surface area contributed by atoms with Gasteiger partial charge in [-0.2, -0.15) is 0 Å². The van der Waals surface area contributed by atoms with Crippen LogP contribution in [0, 0.1) is 0 Å². The standard InChI is InChI=1S/C29H53N9O10/c1-8-19(12-39)35-25(44)15(4)34-28(47)21(17(6)40)37-26(45)16(5)32-24(43)14(3)33-29(48)22(18(7)41)38-27(46)20(10-9-11-30)36-23(42)13(2)31/h12-22,40-41H,8-11,30-31H2,1-7H3,(H,32,43)(H,33,48)(H,34,47)(H,35,44)(H,36,42)(H,37,45)(H,38,46)/t13-,14-,15-,16-,17+,18+,19-,20-,21-,22-/m0/s1. The summed E-state index contributed by atoms with van der Waals surface area (Å²) in [5.74, 6) is -5.67. The van der Waals surface area contributed by atoms with Gasteiger partial charge in [0.25, 0.3) is 0 Å². The molecule has 0 radical (unpaired) electrons. The minimum Gasteiger partial charge on any atom is -0.391 e. The predicted molar refractivity (Wildman–Crippen MR) is 172 cm³/mol. The smallest absolute Gasteiger partial charge is 0.245 e. The summed E-state index contributed by atoms with van der Waals surface area (Å²) in [6.45, 7) is 9.66. The predicted octanol–water partition coefficient (Wildman–Crippen LogP) is -5.10. The first kappa shape index (κ1) is 43.8. The van der Waals surface area contributed by atoms with Crippen LogP contribution in [0.25, 0.3) is 0 Å². The van der Waals surface area contributed by atoms with Crippen molar-refractivity contribution in [1.29, 1.82) is 0 Å². The number of nitrogens with one attached hydrogen (secondary N) is 7. The molecule has 0 aliphatic rings. The lowest BCUT2D eigenvalue weighted by molar-refractivity contribution is -0.137. The Labute approximate surface area is 279 Å². The van der Waals surface area contributed by atoms with Crippen molar-refractivity contribution >= 4 is 47.6 Å². The van der Waals surface area contributed by atoms with Crippen LogP contribution in [0.5, 0.6) is 0 Å². The topological polar surface area (TPSA) is 313 Å². The number of hydrogen-bond donors (Lipinski definition) is 11. The summed E-state index contributed by atoms with van der Waals surface area (Å²) in [5, 5.41) is 36.9. The second-order valence-corrected chi connectivity index (χ2v) is 11.6. The fraction of sp³-hybridized carbons (Fsp3) is 0.724. The maximum atomic E-state index is 13.0. The van der Waals surface area contributed by atoms with Crippen molar-refractivity contribution in [3.05, 3.63) is 0 Å². The third-order valence-corrected chi connectivity index (χ3v) is 7.06. The summed E-state index contributed by atoms with van der Waals surface area (Å²) in [5.41, 5.74) is 11.1. The Kier molecular flexibility index (Phi) is 19.7. The molecule has 7 amide bonds. The molecule has 274 valence electrons. The van der Waals surface area contributed by atoms with Crippen LogP contribution >= 0.6 is 0 Å². The van der Waals surface area contributed by atoms with Crippen molar-refractivity contribution in [3.63, 3.8) is 0 Å². The van der Waals surface area contributed by atoms with E-state index in [9.17, 15) is 48.6 Å². The van der Waals surface area contributed by atoms with Crippen LogP contribution in [0.3, 0.4) is 0 Å². The molecule has 0 saturated carbocycles. The third kappa shape index (κ3) is 15.1. The highest BCUT2D eigenvalue weighted by molar-refractivity contribution is 5.97. The number of nitrogens with two attached hydrogens (primary N) is 2. The largest absolute Gasteiger partial charge is 0.391 e. The lowest BCUT2D eigenvalue weighted by Crippen LogP contribution is -2.61. The van der Waals surface area contributed by atoms with Crippen LogP contribution in [-0.4, -0.2) is 125 Å². The second kappa shape index (κ2) is 21.6. The highest BCUT2D eigenvalue weighted by Gasteiger charge is 2.33. The lowest BCUT2D eigenvalue weighted by Gasteiger charge is -2.27. The van der Waals surface area contributed by atoms with Crippen molar-refractivity contribution in [2.75, 3.05) is 6.54 Å². The molecule has 0 aromatic carbocycles. The molecule has 0 saturated heterocycles. The molecular formula is C29H53N9O10. The average Bonchev–Trinajstić information content (AvgIpc) is 3.01. The number of aliphatic hydroxyl groups excluding tert-OH is 2. The first-order valence-corrected chi connectivity index (χ1v) is 15.7. The van der Waals surface area contributed by atoms with Crippen molar-refractivity contribution in [2.45, 2.75) is 128 Å². The summed E-state index contributed by atoms with van der Waals surface area (Å²) in [6.07, 6.45) is -1.49.